The van der Waals surface area contributed by atoms with E-state index in [1.165, 1.54) is 12.1 Å². The average Bonchev–Trinajstić information content (AvgIpc) is 2.37. The summed E-state index contributed by atoms with van der Waals surface area (Å²) in [7, 11) is 0. The van der Waals surface area contributed by atoms with Crippen LogP contribution in [0.3, 0.4) is 0 Å². The van der Waals surface area contributed by atoms with Crippen molar-refractivity contribution in [3.05, 3.63) is 53.2 Å². The molecule has 5 heteroatoms. The molecule has 0 unspecified atom stereocenters. The van der Waals surface area contributed by atoms with Crippen LogP contribution in [0, 0.1) is 6.92 Å². The van der Waals surface area contributed by atoms with Crippen molar-refractivity contribution in [3.8, 4) is 11.3 Å². The van der Waals surface area contributed by atoms with E-state index in [9.17, 15) is 13.2 Å². The first-order valence-corrected chi connectivity index (χ1v) is 6.52. The Balaban J connectivity index is 2.35. The molecule has 0 spiro atoms. The first kappa shape index (κ1) is 14.9. The number of rotatable bonds is 2. The van der Waals surface area contributed by atoms with Crippen LogP contribution in [0.4, 0.5) is 13.2 Å². The van der Waals surface area contributed by atoms with Gasteiger partial charge >= 0.3 is 6.18 Å². The molecule has 0 aliphatic rings. The van der Waals surface area contributed by atoms with Crippen molar-refractivity contribution in [3.63, 3.8) is 0 Å². The van der Waals surface area contributed by atoms with Crippen LogP contribution in [0.5, 0.6) is 0 Å². The molecule has 1 atom stereocenters. The number of halogens is 4. The molecule has 1 aromatic heterocycles. The number of pyridine rings is 1. The van der Waals surface area contributed by atoms with Gasteiger partial charge in [-0.1, -0.05) is 18.2 Å². The van der Waals surface area contributed by atoms with E-state index in [4.69, 9.17) is 11.6 Å². The second-order valence-electron chi connectivity index (χ2n) is 4.56. The van der Waals surface area contributed by atoms with E-state index in [1.807, 2.05) is 19.9 Å². The fourth-order valence-corrected chi connectivity index (χ4v) is 2.21. The van der Waals surface area contributed by atoms with Gasteiger partial charge in [-0.2, -0.15) is 13.2 Å². The smallest absolute Gasteiger partial charge is 0.253 e. The van der Waals surface area contributed by atoms with Gasteiger partial charge in [0.15, 0.2) is 0 Å². The Labute approximate surface area is 120 Å². The third-order valence-electron chi connectivity index (χ3n) is 3.06. The van der Waals surface area contributed by atoms with Crippen LogP contribution in [-0.4, -0.2) is 4.98 Å². The Hall–Kier alpha value is -1.55. The molecule has 0 N–H and O–H groups in total. The monoisotopic (exact) mass is 299 g/mol. The standard InChI is InChI=1S/C15H13ClF3N/c1-9(16)13-7-8-14(20-10(13)2)11-3-5-12(6-4-11)15(17,18)19/h3-9H,1-2H3/t9-/m1/s1. The van der Waals surface area contributed by atoms with E-state index < -0.39 is 11.7 Å². The van der Waals surface area contributed by atoms with Gasteiger partial charge in [0.05, 0.1) is 16.6 Å². The second kappa shape index (κ2) is 5.44. The van der Waals surface area contributed by atoms with Crippen LogP contribution >= 0.6 is 11.6 Å². The Kier molecular flexibility index (Phi) is 4.04. The summed E-state index contributed by atoms with van der Waals surface area (Å²) >= 11 is 6.01. The van der Waals surface area contributed by atoms with E-state index in [-0.39, 0.29) is 5.38 Å². The summed E-state index contributed by atoms with van der Waals surface area (Å²) in [6, 6.07) is 8.59. The highest BCUT2D eigenvalue weighted by Gasteiger charge is 2.30. The summed E-state index contributed by atoms with van der Waals surface area (Å²) in [5, 5.41) is -0.149. The zero-order valence-electron chi connectivity index (χ0n) is 11.0. The Morgan fingerprint density at radius 2 is 1.65 bits per heavy atom. The molecule has 0 bridgehead atoms. The van der Waals surface area contributed by atoms with Crippen molar-refractivity contribution in [2.75, 3.05) is 0 Å². The van der Waals surface area contributed by atoms with Gasteiger partial charge in [0.25, 0.3) is 0 Å². The van der Waals surface area contributed by atoms with E-state index in [2.05, 4.69) is 4.98 Å². The van der Waals surface area contributed by atoms with Gasteiger partial charge in [-0.3, -0.25) is 4.98 Å². The largest absolute Gasteiger partial charge is 0.416 e. The topological polar surface area (TPSA) is 12.9 Å². The maximum Gasteiger partial charge on any atom is 0.416 e. The first-order chi connectivity index (χ1) is 9.29. The number of alkyl halides is 4. The van der Waals surface area contributed by atoms with Crippen molar-refractivity contribution in [1.29, 1.82) is 0 Å². The van der Waals surface area contributed by atoms with Crippen molar-refractivity contribution < 1.29 is 13.2 Å². The number of benzene rings is 1. The first-order valence-electron chi connectivity index (χ1n) is 6.08. The molecule has 106 valence electrons. The molecule has 0 aliphatic heterocycles. The molecule has 0 saturated carbocycles. The molecular weight excluding hydrogens is 287 g/mol. The molecular formula is C15H13ClF3N. The summed E-state index contributed by atoms with van der Waals surface area (Å²) in [5.41, 5.74) is 2.32. The lowest BCUT2D eigenvalue weighted by Crippen LogP contribution is -2.04. The third-order valence-corrected chi connectivity index (χ3v) is 3.30. The third kappa shape index (κ3) is 3.12. The molecule has 2 rings (SSSR count). The van der Waals surface area contributed by atoms with Crippen LogP contribution in [0.15, 0.2) is 36.4 Å². The van der Waals surface area contributed by atoms with E-state index in [1.54, 1.807) is 6.07 Å². The highest BCUT2D eigenvalue weighted by atomic mass is 35.5. The lowest BCUT2D eigenvalue weighted by atomic mass is 10.1. The maximum absolute atomic E-state index is 12.5. The molecule has 20 heavy (non-hydrogen) atoms. The van der Waals surface area contributed by atoms with Gasteiger partial charge in [-0.25, -0.2) is 0 Å². The summed E-state index contributed by atoms with van der Waals surface area (Å²) in [6.45, 7) is 3.69. The van der Waals surface area contributed by atoms with Crippen molar-refractivity contribution >= 4 is 11.6 Å². The Bertz CT molecular complexity index is 604. The van der Waals surface area contributed by atoms with Crippen LogP contribution in [0.25, 0.3) is 11.3 Å². The summed E-state index contributed by atoms with van der Waals surface area (Å²) in [4.78, 5) is 4.39. The predicted molar refractivity (Wildman–Crippen MR) is 73.7 cm³/mol. The summed E-state index contributed by atoms with van der Waals surface area (Å²) in [5.74, 6) is 0. The van der Waals surface area contributed by atoms with Crippen molar-refractivity contribution in [2.45, 2.75) is 25.4 Å². The number of aromatic nitrogens is 1. The van der Waals surface area contributed by atoms with Gasteiger partial charge in [0.2, 0.25) is 0 Å². The molecule has 0 amide bonds. The molecule has 1 nitrogen and oxygen atoms in total. The minimum Gasteiger partial charge on any atom is -0.253 e. The zero-order valence-corrected chi connectivity index (χ0v) is 11.8. The van der Waals surface area contributed by atoms with Crippen molar-refractivity contribution in [2.24, 2.45) is 0 Å². The van der Waals surface area contributed by atoms with E-state index in [0.29, 0.717) is 11.3 Å². The molecule has 0 aliphatic carbocycles. The van der Waals surface area contributed by atoms with Gasteiger partial charge in [0.1, 0.15) is 0 Å². The van der Waals surface area contributed by atoms with E-state index in [0.717, 1.165) is 23.4 Å². The van der Waals surface area contributed by atoms with E-state index >= 15 is 0 Å². The molecule has 0 radical (unpaired) electrons. The SMILES string of the molecule is Cc1nc(-c2ccc(C(F)(F)F)cc2)ccc1[C@@H](C)Cl. The maximum atomic E-state index is 12.5. The molecule has 1 aromatic carbocycles. The number of nitrogens with zero attached hydrogens (tertiary/aromatic N) is 1. The molecule has 1 heterocycles. The highest BCUT2D eigenvalue weighted by molar-refractivity contribution is 6.20. The summed E-state index contributed by atoms with van der Waals surface area (Å²) < 4.78 is 37.5. The van der Waals surface area contributed by atoms with Crippen LogP contribution in [0.1, 0.15) is 29.1 Å². The molecule has 2 aromatic rings. The minimum atomic E-state index is -4.32. The van der Waals surface area contributed by atoms with Gasteiger partial charge < -0.3 is 0 Å². The zero-order chi connectivity index (χ0) is 14.9. The minimum absolute atomic E-state index is 0.149. The quantitative estimate of drug-likeness (QED) is 0.679. The van der Waals surface area contributed by atoms with Crippen molar-refractivity contribution in [1.82, 2.24) is 4.98 Å². The van der Waals surface area contributed by atoms with Gasteiger partial charge in [-0.15, -0.1) is 11.6 Å². The second-order valence-corrected chi connectivity index (χ2v) is 5.22. The van der Waals surface area contributed by atoms with Crippen LogP contribution in [-0.2, 0) is 6.18 Å². The fraction of sp³-hybridized carbons (Fsp3) is 0.267. The number of hydrogen-bond donors (Lipinski definition) is 0. The Morgan fingerprint density at radius 3 is 2.10 bits per heavy atom. The lowest BCUT2D eigenvalue weighted by Gasteiger charge is -2.10. The predicted octanol–water partition coefficient (Wildman–Crippen LogP) is 5.38. The average molecular weight is 300 g/mol. The normalized spacial score (nSPS) is 13.3. The van der Waals surface area contributed by atoms with Crippen LogP contribution in [0.2, 0.25) is 0 Å². The Morgan fingerprint density at radius 1 is 1.05 bits per heavy atom. The lowest BCUT2D eigenvalue weighted by molar-refractivity contribution is -0.137. The molecule has 0 fully saturated rings. The molecule has 0 saturated heterocycles. The van der Waals surface area contributed by atoms with Crippen LogP contribution < -0.4 is 0 Å². The fourth-order valence-electron chi connectivity index (χ4n) is 1.98. The summed E-state index contributed by atoms with van der Waals surface area (Å²) in [6.07, 6.45) is -4.32. The van der Waals surface area contributed by atoms with Gasteiger partial charge in [-0.05, 0) is 37.6 Å². The highest BCUT2D eigenvalue weighted by Crippen LogP contribution is 2.31. The van der Waals surface area contributed by atoms with Gasteiger partial charge in [0, 0.05) is 11.3 Å². The number of aryl methyl sites for hydroxylation is 1. The number of hydrogen-bond acceptors (Lipinski definition) is 1.